The van der Waals surface area contributed by atoms with Crippen molar-refractivity contribution in [2.75, 3.05) is 25.5 Å². The number of nitrogens with zero attached hydrogens (tertiary/aromatic N) is 3. The topological polar surface area (TPSA) is 141 Å². The zero-order valence-corrected chi connectivity index (χ0v) is 20.9. The summed E-state index contributed by atoms with van der Waals surface area (Å²) in [6.45, 7) is 0.0897. The van der Waals surface area contributed by atoms with Gasteiger partial charge in [-0.05, 0) is 54.1 Å². The third-order valence-corrected chi connectivity index (χ3v) is 6.16. The highest BCUT2D eigenvalue weighted by Gasteiger charge is 2.43. The number of methoxy groups -OCH3 is 1. The SMILES string of the molecule is COc1ccc(NC(=O)N2CCN(C(=O)c3ccncc3)C2C(=O)NC(CC(=O)O)c2ccc(F)cc2)cc1. The van der Waals surface area contributed by atoms with Gasteiger partial charge in [0.05, 0.1) is 19.6 Å². The van der Waals surface area contributed by atoms with Gasteiger partial charge in [-0.15, -0.1) is 0 Å². The van der Waals surface area contributed by atoms with E-state index in [4.69, 9.17) is 4.74 Å². The quantitative estimate of drug-likeness (QED) is 0.403. The van der Waals surface area contributed by atoms with E-state index in [9.17, 15) is 28.7 Å². The molecule has 1 aromatic heterocycles. The van der Waals surface area contributed by atoms with Crippen LogP contribution in [0.4, 0.5) is 14.9 Å². The van der Waals surface area contributed by atoms with E-state index < -0.39 is 48.3 Å². The van der Waals surface area contributed by atoms with Gasteiger partial charge >= 0.3 is 12.0 Å². The van der Waals surface area contributed by atoms with Crippen LogP contribution in [0.15, 0.2) is 73.1 Å². The van der Waals surface area contributed by atoms with Gasteiger partial charge in [0.2, 0.25) is 0 Å². The Bertz CT molecular complexity index is 1340. The molecule has 4 amide bonds. The molecule has 3 aromatic rings. The Labute approximate surface area is 223 Å². The second kappa shape index (κ2) is 12.0. The maximum absolute atomic E-state index is 13.7. The van der Waals surface area contributed by atoms with Gasteiger partial charge < -0.3 is 25.4 Å². The number of rotatable bonds is 8. The molecule has 1 aliphatic rings. The molecule has 1 aliphatic heterocycles. The van der Waals surface area contributed by atoms with Crippen LogP contribution in [0.25, 0.3) is 0 Å². The molecule has 202 valence electrons. The van der Waals surface area contributed by atoms with Crippen molar-refractivity contribution in [2.45, 2.75) is 18.6 Å². The summed E-state index contributed by atoms with van der Waals surface area (Å²) in [5.41, 5.74) is 1.06. The molecule has 0 saturated carbocycles. The molecule has 2 heterocycles. The molecule has 2 aromatic carbocycles. The first kappa shape index (κ1) is 27.0. The average Bonchev–Trinajstić information content (AvgIpc) is 3.39. The van der Waals surface area contributed by atoms with Gasteiger partial charge in [-0.3, -0.25) is 24.3 Å². The maximum atomic E-state index is 13.7. The van der Waals surface area contributed by atoms with E-state index >= 15 is 0 Å². The zero-order valence-electron chi connectivity index (χ0n) is 20.9. The van der Waals surface area contributed by atoms with Crippen molar-refractivity contribution >= 4 is 29.5 Å². The van der Waals surface area contributed by atoms with Gasteiger partial charge in [-0.25, -0.2) is 9.18 Å². The number of nitrogens with one attached hydrogen (secondary N) is 2. The van der Waals surface area contributed by atoms with Crippen molar-refractivity contribution in [2.24, 2.45) is 0 Å². The van der Waals surface area contributed by atoms with E-state index in [1.54, 1.807) is 24.3 Å². The van der Waals surface area contributed by atoms with Crippen LogP contribution >= 0.6 is 0 Å². The molecular weight excluding hydrogens is 509 g/mol. The summed E-state index contributed by atoms with van der Waals surface area (Å²) < 4.78 is 18.6. The van der Waals surface area contributed by atoms with Gasteiger partial charge in [-0.2, -0.15) is 0 Å². The molecular formula is C27H26FN5O6. The Balaban J connectivity index is 1.62. The molecule has 39 heavy (non-hydrogen) atoms. The molecule has 0 spiro atoms. The highest BCUT2D eigenvalue weighted by atomic mass is 19.1. The lowest BCUT2D eigenvalue weighted by Crippen LogP contribution is -2.55. The van der Waals surface area contributed by atoms with Crippen LogP contribution in [-0.2, 0) is 9.59 Å². The van der Waals surface area contributed by atoms with Gasteiger partial charge in [0.25, 0.3) is 11.8 Å². The van der Waals surface area contributed by atoms with E-state index in [-0.39, 0.29) is 18.7 Å². The third-order valence-electron chi connectivity index (χ3n) is 6.16. The van der Waals surface area contributed by atoms with Gasteiger partial charge in [0.15, 0.2) is 6.17 Å². The molecule has 11 nitrogen and oxygen atoms in total. The highest BCUT2D eigenvalue weighted by molar-refractivity contribution is 6.00. The summed E-state index contributed by atoms with van der Waals surface area (Å²) in [5.74, 6) is -2.41. The zero-order chi connectivity index (χ0) is 27.9. The predicted molar refractivity (Wildman–Crippen MR) is 137 cm³/mol. The molecule has 1 saturated heterocycles. The number of carboxylic acids is 1. The Morgan fingerprint density at radius 3 is 2.26 bits per heavy atom. The predicted octanol–water partition coefficient (Wildman–Crippen LogP) is 2.88. The van der Waals surface area contributed by atoms with E-state index in [0.717, 1.165) is 12.1 Å². The molecule has 0 aliphatic carbocycles. The van der Waals surface area contributed by atoms with Gasteiger partial charge in [0, 0.05) is 36.7 Å². The molecule has 2 atom stereocenters. The smallest absolute Gasteiger partial charge is 0.323 e. The van der Waals surface area contributed by atoms with E-state index in [0.29, 0.717) is 17.0 Å². The fourth-order valence-corrected chi connectivity index (χ4v) is 4.23. The normalized spacial score (nSPS) is 15.4. The number of carbonyl (C=O) groups is 4. The number of urea groups is 1. The van der Waals surface area contributed by atoms with Crippen LogP contribution in [0.1, 0.15) is 28.4 Å². The first-order chi connectivity index (χ1) is 18.8. The summed E-state index contributed by atoms with van der Waals surface area (Å²) in [4.78, 5) is 58.2. The number of aromatic nitrogens is 1. The summed E-state index contributed by atoms with van der Waals surface area (Å²) in [6.07, 6.45) is 0.981. The molecule has 1 fully saturated rings. The number of amides is 4. The van der Waals surface area contributed by atoms with Crippen molar-refractivity contribution in [3.63, 3.8) is 0 Å². The number of aliphatic carboxylic acids is 1. The molecule has 3 N–H and O–H groups in total. The summed E-state index contributed by atoms with van der Waals surface area (Å²) in [5, 5.41) is 14.8. The molecule has 12 heteroatoms. The first-order valence-corrected chi connectivity index (χ1v) is 12.0. The van der Waals surface area contributed by atoms with Crippen LogP contribution < -0.4 is 15.4 Å². The summed E-state index contributed by atoms with van der Waals surface area (Å²) >= 11 is 0. The lowest BCUT2D eigenvalue weighted by molar-refractivity contribution is -0.138. The van der Waals surface area contributed by atoms with Gasteiger partial charge in [0.1, 0.15) is 11.6 Å². The maximum Gasteiger partial charge on any atom is 0.323 e. The minimum absolute atomic E-state index is 0.0387. The fourth-order valence-electron chi connectivity index (χ4n) is 4.23. The van der Waals surface area contributed by atoms with Crippen molar-refractivity contribution in [1.82, 2.24) is 20.1 Å². The number of hydrogen-bond donors (Lipinski definition) is 3. The average molecular weight is 536 g/mol. The van der Waals surface area contributed by atoms with Crippen LogP contribution in [-0.4, -0.2) is 70.1 Å². The number of pyridine rings is 1. The number of anilines is 1. The molecule has 4 rings (SSSR count). The Hall–Kier alpha value is -5.00. The Morgan fingerprint density at radius 1 is 1.00 bits per heavy atom. The lowest BCUT2D eigenvalue weighted by atomic mass is 10.0. The van der Waals surface area contributed by atoms with E-state index in [1.165, 1.54) is 53.6 Å². The first-order valence-electron chi connectivity index (χ1n) is 12.0. The molecule has 0 bridgehead atoms. The van der Waals surface area contributed by atoms with Crippen LogP contribution in [0.2, 0.25) is 0 Å². The number of halogens is 1. The minimum atomic E-state index is -1.39. The lowest BCUT2D eigenvalue weighted by Gasteiger charge is -2.31. The number of carbonyl (C=O) groups excluding carboxylic acids is 3. The van der Waals surface area contributed by atoms with Crippen LogP contribution in [0.5, 0.6) is 5.75 Å². The number of carboxylic acid groups (broad SMARTS) is 1. The number of hydrogen-bond acceptors (Lipinski definition) is 6. The number of ether oxygens (including phenoxy) is 1. The van der Waals surface area contributed by atoms with E-state index in [2.05, 4.69) is 15.6 Å². The van der Waals surface area contributed by atoms with Crippen LogP contribution in [0, 0.1) is 5.82 Å². The highest BCUT2D eigenvalue weighted by Crippen LogP contribution is 2.24. The van der Waals surface area contributed by atoms with Crippen molar-refractivity contribution in [3.8, 4) is 5.75 Å². The minimum Gasteiger partial charge on any atom is -0.497 e. The fraction of sp³-hybridized carbons (Fsp3) is 0.222. The van der Waals surface area contributed by atoms with Crippen molar-refractivity contribution < 1.29 is 33.4 Å². The summed E-state index contributed by atoms with van der Waals surface area (Å²) in [7, 11) is 1.51. The van der Waals surface area contributed by atoms with Crippen LogP contribution in [0.3, 0.4) is 0 Å². The second-order valence-corrected chi connectivity index (χ2v) is 8.67. The standard InChI is InChI=1S/C27H26FN5O6/c1-39-21-8-6-20(7-9-21)30-27(38)33-15-14-32(26(37)18-10-12-29-13-11-18)25(33)24(36)31-22(16-23(34)35)17-2-4-19(28)5-3-17/h2-13,22,25H,14-16H2,1H3,(H,30,38)(H,31,36)(H,34,35). The summed E-state index contributed by atoms with van der Waals surface area (Å²) in [6, 6.07) is 12.9. The Kier molecular flexibility index (Phi) is 8.34. The number of benzene rings is 2. The van der Waals surface area contributed by atoms with E-state index in [1.807, 2.05) is 0 Å². The monoisotopic (exact) mass is 535 g/mol. The molecule has 0 radical (unpaired) electrons. The van der Waals surface area contributed by atoms with Crippen molar-refractivity contribution in [3.05, 3.63) is 90.0 Å². The largest absolute Gasteiger partial charge is 0.497 e. The Morgan fingerprint density at radius 2 is 1.64 bits per heavy atom. The molecule has 2 unspecified atom stereocenters. The van der Waals surface area contributed by atoms with Gasteiger partial charge in [-0.1, -0.05) is 12.1 Å². The third kappa shape index (κ3) is 6.47. The van der Waals surface area contributed by atoms with Crippen molar-refractivity contribution in [1.29, 1.82) is 0 Å². The second-order valence-electron chi connectivity index (χ2n) is 8.67.